The van der Waals surface area contributed by atoms with Crippen LogP contribution < -0.4 is 4.31 Å². The van der Waals surface area contributed by atoms with Crippen LogP contribution in [0.4, 0.5) is 5.69 Å². The molecule has 1 fully saturated rings. The van der Waals surface area contributed by atoms with Gasteiger partial charge in [-0.25, -0.2) is 8.42 Å². The van der Waals surface area contributed by atoms with Crippen LogP contribution in [0.5, 0.6) is 0 Å². The molecule has 2 atom stereocenters. The zero-order valence-electron chi connectivity index (χ0n) is 14.0. The lowest BCUT2D eigenvalue weighted by molar-refractivity contribution is 0.237. The van der Waals surface area contributed by atoms with Crippen molar-refractivity contribution in [2.75, 3.05) is 24.4 Å². The van der Waals surface area contributed by atoms with Gasteiger partial charge in [0.05, 0.1) is 16.6 Å². The summed E-state index contributed by atoms with van der Waals surface area (Å²) in [5.74, 6) is 0.247. The maximum Gasteiger partial charge on any atom is 0.264 e. The van der Waals surface area contributed by atoms with Crippen LogP contribution in [0.2, 0.25) is 0 Å². The minimum atomic E-state index is -3.54. The molecule has 2 heterocycles. The highest BCUT2D eigenvalue weighted by Crippen LogP contribution is 2.47. The summed E-state index contributed by atoms with van der Waals surface area (Å²) < 4.78 is 28.4. The van der Waals surface area contributed by atoms with E-state index < -0.39 is 10.0 Å². The molecule has 4 nitrogen and oxygen atoms in total. The van der Waals surface area contributed by atoms with Crippen molar-refractivity contribution in [2.24, 2.45) is 0 Å². The van der Waals surface area contributed by atoms with Crippen LogP contribution >= 0.6 is 0 Å². The molecule has 0 saturated carbocycles. The third-order valence-corrected chi connectivity index (χ3v) is 7.05. The van der Waals surface area contributed by atoms with E-state index in [1.165, 1.54) is 11.1 Å². The molecule has 0 radical (unpaired) electrons. The lowest BCUT2D eigenvalue weighted by Gasteiger charge is -2.36. The Labute approximate surface area is 143 Å². The fourth-order valence-corrected chi connectivity index (χ4v) is 5.82. The number of hydrogen-bond acceptors (Lipinski definition) is 3. The Kier molecular flexibility index (Phi) is 3.66. The molecule has 0 N–H and O–H groups in total. The van der Waals surface area contributed by atoms with Crippen molar-refractivity contribution in [3.05, 3.63) is 59.7 Å². The minimum absolute atomic E-state index is 0.0169. The summed E-state index contributed by atoms with van der Waals surface area (Å²) in [6.45, 7) is 3.90. The molecule has 126 valence electrons. The van der Waals surface area contributed by atoms with Gasteiger partial charge in [-0.05, 0) is 50.7 Å². The van der Waals surface area contributed by atoms with E-state index in [0.717, 1.165) is 25.2 Å². The lowest BCUT2D eigenvalue weighted by atomic mass is 9.89. The molecule has 2 aromatic carbocycles. The molecule has 0 aliphatic carbocycles. The Morgan fingerprint density at radius 3 is 2.58 bits per heavy atom. The zero-order chi connectivity index (χ0) is 16.9. The topological polar surface area (TPSA) is 40.6 Å². The first kappa shape index (κ1) is 15.7. The highest BCUT2D eigenvalue weighted by atomic mass is 32.2. The van der Waals surface area contributed by atoms with Gasteiger partial charge >= 0.3 is 0 Å². The summed E-state index contributed by atoms with van der Waals surface area (Å²) in [5, 5.41) is 0. The van der Waals surface area contributed by atoms with E-state index >= 15 is 0 Å². The van der Waals surface area contributed by atoms with Gasteiger partial charge in [0.25, 0.3) is 10.0 Å². The summed E-state index contributed by atoms with van der Waals surface area (Å²) in [7, 11) is -1.43. The van der Waals surface area contributed by atoms with Crippen LogP contribution in [0.15, 0.2) is 53.4 Å². The van der Waals surface area contributed by atoms with Gasteiger partial charge in [-0.3, -0.25) is 4.31 Å². The number of benzene rings is 2. The normalized spacial score (nSPS) is 23.8. The second-order valence-electron chi connectivity index (χ2n) is 6.90. The van der Waals surface area contributed by atoms with Gasteiger partial charge in [-0.2, -0.15) is 0 Å². The molecule has 0 bridgehead atoms. The maximum atomic E-state index is 13.3. The van der Waals surface area contributed by atoms with E-state index in [1.54, 1.807) is 28.6 Å². The van der Waals surface area contributed by atoms with Gasteiger partial charge in [-0.15, -0.1) is 0 Å². The number of nitrogens with zero attached hydrogens (tertiary/aromatic N) is 2. The SMILES string of the molecule is Cc1ccc2c(c1)[C@@H]1CN(C)CC[C@H]1N2S(=O)(=O)c1ccccc1. The van der Waals surface area contributed by atoms with Crippen LogP contribution in [-0.4, -0.2) is 39.5 Å². The number of likely N-dealkylation sites (N-methyl/N-ethyl adjacent to an activating group) is 1. The fourth-order valence-electron chi connectivity index (χ4n) is 4.05. The zero-order valence-corrected chi connectivity index (χ0v) is 14.8. The van der Waals surface area contributed by atoms with Crippen LogP contribution in [-0.2, 0) is 10.0 Å². The lowest BCUT2D eigenvalue weighted by Crippen LogP contribution is -2.47. The Morgan fingerprint density at radius 2 is 1.83 bits per heavy atom. The van der Waals surface area contributed by atoms with Crippen molar-refractivity contribution < 1.29 is 8.42 Å². The fraction of sp³-hybridized carbons (Fsp3) is 0.368. The van der Waals surface area contributed by atoms with Gasteiger partial charge < -0.3 is 4.90 Å². The van der Waals surface area contributed by atoms with Gasteiger partial charge in [0.1, 0.15) is 0 Å². The Morgan fingerprint density at radius 1 is 1.08 bits per heavy atom. The third kappa shape index (κ3) is 2.34. The first-order valence-electron chi connectivity index (χ1n) is 8.37. The molecule has 0 amide bonds. The molecule has 4 rings (SSSR count). The largest absolute Gasteiger partial charge is 0.306 e. The monoisotopic (exact) mass is 342 g/mol. The van der Waals surface area contributed by atoms with Crippen molar-refractivity contribution in [1.82, 2.24) is 4.90 Å². The summed E-state index contributed by atoms with van der Waals surface area (Å²) in [5.41, 5.74) is 3.21. The molecule has 2 aliphatic rings. The number of aryl methyl sites for hydroxylation is 1. The number of piperidine rings is 1. The van der Waals surface area contributed by atoms with Crippen molar-refractivity contribution in [2.45, 2.75) is 30.2 Å². The van der Waals surface area contributed by atoms with Crippen LogP contribution in [0, 0.1) is 6.92 Å². The van der Waals surface area contributed by atoms with E-state index in [9.17, 15) is 8.42 Å². The smallest absolute Gasteiger partial charge is 0.264 e. The third-order valence-electron chi connectivity index (χ3n) is 5.20. The standard InChI is InChI=1S/C19H22N2O2S/c1-14-8-9-18-16(12-14)17-13-20(2)11-10-19(17)21(18)24(22,23)15-6-4-3-5-7-15/h3-9,12,17,19H,10-11,13H2,1-2H3/t17-,19+/m0/s1. The van der Waals surface area contributed by atoms with Gasteiger partial charge in [0.15, 0.2) is 0 Å². The quantitative estimate of drug-likeness (QED) is 0.842. The van der Waals surface area contributed by atoms with Crippen molar-refractivity contribution in [3.63, 3.8) is 0 Å². The molecule has 2 aliphatic heterocycles. The molecule has 0 unspecified atom stereocenters. The predicted molar refractivity (Wildman–Crippen MR) is 95.9 cm³/mol. The van der Waals surface area contributed by atoms with E-state index in [4.69, 9.17) is 0 Å². The Balaban J connectivity index is 1.87. The maximum absolute atomic E-state index is 13.3. The molecule has 5 heteroatoms. The Bertz CT molecular complexity index is 864. The van der Waals surface area contributed by atoms with E-state index in [1.807, 2.05) is 18.2 Å². The number of rotatable bonds is 2. The van der Waals surface area contributed by atoms with E-state index in [2.05, 4.69) is 24.9 Å². The van der Waals surface area contributed by atoms with Crippen molar-refractivity contribution in [1.29, 1.82) is 0 Å². The van der Waals surface area contributed by atoms with Crippen LogP contribution in [0.1, 0.15) is 23.5 Å². The summed E-state index contributed by atoms with van der Waals surface area (Å²) in [6.07, 6.45) is 0.862. The van der Waals surface area contributed by atoms with Gasteiger partial charge in [0, 0.05) is 12.5 Å². The highest BCUT2D eigenvalue weighted by molar-refractivity contribution is 7.92. The Hall–Kier alpha value is -1.85. The number of hydrogen-bond donors (Lipinski definition) is 0. The number of anilines is 1. The average molecular weight is 342 g/mol. The van der Waals surface area contributed by atoms with Crippen molar-refractivity contribution >= 4 is 15.7 Å². The highest BCUT2D eigenvalue weighted by Gasteiger charge is 2.46. The molecule has 0 spiro atoms. The molecule has 24 heavy (non-hydrogen) atoms. The second kappa shape index (κ2) is 5.60. The molecule has 0 aromatic heterocycles. The van der Waals surface area contributed by atoms with Crippen molar-refractivity contribution in [3.8, 4) is 0 Å². The first-order chi connectivity index (χ1) is 11.5. The second-order valence-corrected chi connectivity index (χ2v) is 8.72. The number of sulfonamides is 1. The van der Waals surface area contributed by atoms with Crippen LogP contribution in [0.3, 0.4) is 0 Å². The molecular weight excluding hydrogens is 320 g/mol. The van der Waals surface area contributed by atoms with Gasteiger partial charge in [-0.1, -0.05) is 35.9 Å². The molecule has 1 saturated heterocycles. The summed E-state index contributed by atoms with van der Waals surface area (Å²) in [4.78, 5) is 2.67. The van der Waals surface area contributed by atoms with E-state index in [-0.39, 0.29) is 12.0 Å². The van der Waals surface area contributed by atoms with Gasteiger partial charge in [0.2, 0.25) is 0 Å². The van der Waals surface area contributed by atoms with Crippen LogP contribution in [0.25, 0.3) is 0 Å². The average Bonchev–Trinajstić information content (AvgIpc) is 2.89. The first-order valence-corrected chi connectivity index (χ1v) is 9.81. The van der Waals surface area contributed by atoms with E-state index in [0.29, 0.717) is 4.90 Å². The number of likely N-dealkylation sites (tertiary alicyclic amines) is 1. The summed E-state index contributed by atoms with van der Waals surface area (Å²) >= 11 is 0. The predicted octanol–water partition coefficient (Wildman–Crippen LogP) is 2.99. The molecule has 2 aromatic rings. The molecular formula is C19H22N2O2S. The summed E-state index contributed by atoms with van der Waals surface area (Å²) in [6, 6.07) is 14.9. The number of fused-ring (bicyclic) bond motifs is 3. The minimum Gasteiger partial charge on any atom is -0.306 e.